The van der Waals surface area contributed by atoms with Gasteiger partial charge in [-0.3, -0.25) is 0 Å². The molecule has 1 heterocycles. The first kappa shape index (κ1) is 19.2. The molecular formula is C19H28N2O4S. The third kappa shape index (κ3) is 4.38. The Morgan fingerprint density at radius 2 is 1.92 bits per heavy atom. The lowest BCUT2D eigenvalue weighted by Gasteiger charge is -2.33. The van der Waals surface area contributed by atoms with E-state index in [0.29, 0.717) is 17.9 Å². The first-order valence-electron chi connectivity index (χ1n) is 9.27. The van der Waals surface area contributed by atoms with Gasteiger partial charge in [0.05, 0.1) is 4.90 Å². The van der Waals surface area contributed by atoms with Gasteiger partial charge in [-0.15, -0.1) is 0 Å². The molecule has 1 atom stereocenters. The van der Waals surface area contributed by atoms with Gasteiger partial charge in [-0.2, -0.15) is 4.31 Å². The number of carbonyl (C=O) groups excluding carboxylic acids is 1. The van der Waals surface area contributed by atoms with E-state index in [4.69, 9.17) is 4.74 Å². The Labute approximate surface area is 156 Å². The highest BCUT2D eigenvalue weighted by Crippen LogP contribution is 2.27. The van der Waals surface area contributed by atoms with Gasteiger partial charge in [-0.25, -0.2) is 13.2 Å². The molecule has 0 bridgehead atoms. The number of hydrogen-bond acceptors (Lipinski definition) is 4. The second-order valence-electron chi connectivity index (χ2n) is 8.13. The van der Waals surface area contributed by atoms with Crippen molar-refractivity contribution in [3.63, 3.8) is 0 Å². The van der Waals surface area contributed by atoms with Gasteiger partial charge in [0.2, 0.25) is 10.0 Å². The average molecular weight is 381 g/mol. The van der Waals surface area contributed by atoms with Gasteiger partial charge in [0.25, 0.3) is 0 Å². The lowest BCUT2D eigenvalue weighted by molar-refractivity contribution is 0.0487. The van der Waals surface area contributed by atoms with Crippen LogP contribution >= 0.6 is 0 Å². The molecule has 1 amide bonds. The van der Waals surface area contributed by atoms with Crippen molar-refractivity contribution in [1.82, 2.24) is 9.62 Å². The molecule has 0 aromatic heterocycles. The molecule has 1 aromatic rings. The van der Waals surface area contributed by atoms with Crippen molar-refractivity contribution in [2.45, 2.75) is 69.4 Å². The largest absolute Gasteiger partial charge is 0.444 e. The fraction of sp³-hybridized carbons (Fsp3) is 0.632. The second-order valence-corrected chi connectivity index (χ2v) is 10.1. The molecule has 7 heteroatoms. The van der Waals surface area contributed by atoms with Crippen LogP contribution in [0.2, 0.25) is 0 Å². The Balaban J connectivity index is 1.69. The Morgan fingerprint density at radius 1 is 1.19 bits per heavy atom. The number of benzene rings is 1. The van der Waals surface area contributed by atoms with Crippen molar-refractivity contribution in [2.24, 2.45) is 0 Å². The van der Waals surface area contributed by atoms with E-state index < -0.39 is 21.7 Å². The molecular weight excluding hydrogens is 352 g/mol. The van der Waals surface area contributed by atoms with Crippen LogP contribution in [-0.4, -0.2) is 43.5 Å². The summed E-state index contributed by atoms with van der Waals surface area (Å²) in [5.41, 5.74) is 1.83. The van der Waals surface area contributed by atoms with Gasteiger partial charge < -0.3 is 10.1 Å². The number of nitrogens with one attached hydrogen (secondary N) is 1. The summed E-state index contributed by atoms with van der Waals surface area (Å²) >= 11 is 0. The van der Waals surface area contributed by atoms with E-state index in [9.17, 15) is 13.2 Å². The lowest BCUT2D eigenvalue weighted by atomic mass is 10.1. The quantitative estimate of drug-likeness (QED) is 0.875. The highest BCUT2D eigenvalue weighted by atomic mass is 32.2. The SMILES string of the molecule is CC(C)(C)OC(=O)N[C@H]1CCCN(S(=O)(=O)c2ccc3c(c2)CCC3)C1. The molecule has 0 radical (unpaired) electrons. The molecule has 1 fully saturated rings. The monoisotopic (exact) mass is 380 g/mol. The number of piperidine rings is 1. The van der Waals surface area contributed by atoms with Crippen LogP contribution in [0.15, 0.2) is 23.1 Å². The summed E-state index contributed by atoms with van der Waals surface area (Å²) in [6.45, 7) is 6.17. The van der Waals surface area contributed by atoms with Crippen molar-refractivity contribution in [1.29, 1.82) is 0 Å². The van der Waals surface area contributed by atoms with Crippen LogP contribution in [0.1, 0.15) is 51.2 Å². The molecule has 2 aliphatic rings. The number of fused-ring (bicyclic) bond motifs is 1. The summed E-state index contributed by atoms with van der Waals surface area (Å²) in [6.07, 6.45) is 4.02. The van der Waals surface area contributed by atoms with E-state index in [2.05, 4.69) is 5.32 Å². The molecule has 0 saturated carbocycles. The molecule has 3 rings (SSSR count). The summed E-state index contributed by atoms with van der Waals surface area (Å²) in [4.78, 5) is 12.3. The number of alkyl carbamates (subject to hydrolysis) is 1. The molecule has 1 aliphatic carbocycles. The molecule has 1 aromatic carbocycles. The number of rotatable bonds is 3. The molecule has 0 unspecified atom stereocenters. The standard InChI is InChI=1S/C19H28N2O4S/c1-19(2,3)25-18(22)20-16-8-5-11-21(13-16)26(23,24)17-10-9-14-6-4-7-15(14)12-17/h9-10,12,16H,4-8,11,13H2,1-3H3,(H,20,22)/t16-/m0/s1. The Kier molecular flexibility index (Phi) is 5.30. The normalized spacial score (nSPS) is 21.3. The molecule has 1 aliphatic heterocycles. The smallest absolute Gasteiger partial charge is 0.407 e. The molecule has 1 N–H and O–H groups in total. The van der Waals surface area contributed by atoms with Crippen LogP contribution in [0.4, 0.5) is 4.79 Å². The van der Waals surface area contributed by atoms with Crippen LogP contribution in [0, 0.1) is 0 Å². The predicted octanol–water partition coefficient (Wildman–Crippen LogP) is 2.85. The van der Waals surface area contributed by atoms with Crippen LogP contribution in [0.5, 0.6) is 0 Å². The number of carbonyl (C=O) groups is 1. The van der Waals surface area contributed by atoms with Crippen molar-refractivity contribution < 1.29 is 17.9 Å². The Hall–Kier alpha value is -1.60. The summed E-state index contributed by atoms with van der Waals surface area (Å²) in [5.74, 6) is 0. The first-order chi connectivity index (χ1) is 12.1. The third-order valence-corrected chi connectivity index (χ3v) is 6.67. The number of hydrogen-bond donors (Lipinski definition) is 1. The second kappa shape index (κ2) is 7.19. The topological polar surface area (TPSA) is 75.7 Å². The van der Waals surface area contributed by atoms with Crippen molar-refractivity contribution >= 4 is 16.1 Å². The lowest BCUT2D eigenvalue weighted by Crippen LogP contribution is -2.50. The Bertz CT molecular complexity index is 783. The van der Waals surface area contributed by atoms with Gasteiger partial charge in [0.15, 0.2) is 0 Å². The van der Waals surface area contributed by atoms with Gasteiger partial charge in [0.1, 0.15) is 5.60 Å². The zero-order chi connectivity index (χ0) is 18.9. The molecule has 26 heavy (non-hydrogen) atoms. The highest BCUT2D eigenvalue weighted by Gasteiger charge is 2.32. The van der Waals surface area contributed by atoms with Crippen LogP contribution in [0.25, 0.3) is 0 Å². The van der Waals surface area contributed by atoms with Gasteiger partial charge in [0, 0.05) is 19.1 Å². The third-order valence-electron chi connectivity index (χ3n) is 4.81. The van der Waals surface area contributed by atoms with E-state index in [1.54, 1.807) is 26.8 Å². The Morgan fingerprint density at radius 3 is 2.65 bits per heavy atom. The number of aryl methyl sites for hydroxylation is 2. The molecule has 144 valence electrons. The van der Waals surface area contributed by atoms with E-state index >= 15 is 0 Å². The molecule has 0 spiro atoms. The fourth-order valence-corrected chi connectivity index (χ4v) is 5.19. The molecule has 6 nitrogen and oxygen atoms in total. The number of amides is 1. The number of sulfonamides is 1. The van der Waals surface area contributed by atoms with E-state index in [-0.39, 0.29) is 12.6 Å². The minimum atomic E-state index is -3.55. The maximum Gasteiger partial charge on any atom is 0.407 e. The van der Waals surface area contributed by atoms with Gasteiger partial charge >= 0.3 is 6.09 Å². The van der Waals surface area contributed by atoms with E-state index in [0.717, 1.165) is 31.2 Å². The zero-order valence-corrected chi connectivity index (χ0v) is 16.6. The van der Waals surface area contributed by atoms with Gasteiger partial charge in [-0.05, 0) is 76.1 Å². The number of ether oxygens (including phenoxy) is 1. The maximum absolute atomic E-state index is 13.0. The summed E-state index contributed by atoms with van der Waals surface area (Å²) in [7, 11) is -3.55. The van der Waals surface area contributed by atoms with Crippen molar-refractivity contribution in [3.8, 4) is 0 Å². The summed E-state index contributed by atoms with van der Waals surface area (Å²) < 4.78 is 32.8. The van der Waals surface area contributed by atoms with Gasteiger partial charge in [-0.1, -0.05) is 6.07 Å². The van der Waals surface area contributed by atoms with Crippen molar-refractivity contribution in [3.05, 3.63) is 29.3 Å². The summed E-state index contributed by atoms with van der Waals surface area (Å²) in [5, 5.41) is 2.80. The average Bonchev–Trinajstić information content (AvgIpc) is 3.00. The van der Waals surface area contributed by atoms with E-state index in [1.807, 2.05) is 12.1 Å². The fourth-order valence-electron chi connectivity index (χ4n) is 3.61. The minimum Gasteiger partial charge on any atom is -0.444 e. The van der Waals surface area contributed by atoms with Crippen molar-refractivity contribution in [2.75, 3.05) is 13.1 Å². The van der Waals surface area contributed by atoms with Crippen LogP contribution < -0.4 is 5.32 Å². The van der Waals surface area contributed by atoms with Crippen LogP contribution in [-0.2, 0) is 27.6 Å². The summed E-state index contributed by atoms with van der Waals surface area (Å²) in [6, 6.07) is 5.24. The number of nitrogens with zero attached hydrogens (tertiary/aromatic N) is 1. The predicted molar refractivity (Wildman–Crippen MR) is 99.6 cm³/mol. The minimum absolute atomic E-state index is 0.234. The van der Waals surface area contributed by atoms with E-state index in [1.165, 1.54) is 9.87 Å². The zero-order valence-electron chi connectivity index (χ0n) is 15.7. The first-order valence-corrected chi connectivity index (χ1v) is 10.7. The highest BCUT2D eigenvalue weighted by molar-refractivity contribution is 7.89. The maximum atomic E-state index is 13.0. The van der Waals surface area contributed by atoms with Crippen LogP contribution in [0.3, 0.4) is 0 Å². The molecule has 1 saturated heterocycles.